The van der Waals surface area contributed by atoms with Crippen molar-refractivity contribution in [2.45, 2.75) is 25.7 Å². The quantitative estimate of drug-likeness (QED) is 0.789. The van der Waals surface area contributed by atoms with Gasteiger partial charge in [0.05, 0.1) is 0 Å². The van der Waals surface area contributed by atoms with E-state index in [1.807, 2.05) is 0 Å². The first-order chi connectivity index (χ1) is 8.24. The maximum atomic E-state index is 11.8. The molecule has 2 fully saturated rings. The Morgan fingerprint density at radius 1 is 1.41 bits per heavy atom. The Morgan fingerprint density at radius 2 is 2.29 bits per heavy atom. The number of fused-ring (bicyclic) bond motifs is 2. The van der Waals surface area contributed by atoms with Crippen molar-refractivity contribution in [3.8, 4) is 0 Å². The lowest BCUT2D eigenvalue weighted by Gasteiger charge is -2.21. The Morgan fingerprint density at radius 3 is 2.88 bits per heavy atom. The van der Waals surface area contributed by atoms with E-state index >= 15 is 0 Å². The third-order valence-electron chi connectivity index (χ3n) is 4.19. The Hall–Kier alpha value is -1.58. The second-order valence-corrected chi connectivity index (χ2v) is 5.21. The van der Waals surface area contributed by atoms with E-state index in [4.69, 9.17) is 5.73 Å². The summed E-state index contributed by atoms with van der Waals surface area (Å²) < 4.78 is 1.32. The second kappa shape index (κ2) is 4.02. The summed E-state index contributed by atoms with van der Waals surface area (Å²) in [6, 6.07) is 1.74. The van der Waals surface area contributed by atoms with E-state index in [2.05, 4.69) is 5.10 Å². The summed E-state index contributed by atoms with van der Waals surface area (Å²) in [5.74, 6) is 1.84. The molecule has 4 nitrogen and oxygen atoms in total. The fourth-order valence-corrected chi connectivity index (χ4v) is 3.37. The Balaban J connectivity index is 1.74. The van der Waals surface area contributed by atoms with Crippen LogP contribution in [0.1, 0.15) is 30.5 Å². The topological polar surface area (TPSA) is 60.9 Å². The summed E-state index contributed by atoms with van der Waals surface area (Å²) in [6.07, 6.45) is 9.89. The molecule has 90 valence electrons. The summed E-state index contributed by atoms with van der Waals surface area (Å²) in [6.45, 7) is 0. The zero-order chi connectivity index (χ0) is 11.8. The van der Waals surface area contributed by atoms with Crippen molar-refractivity contribution < 1.29 is 4.79 Å². The molecule has 1 aromatic heterocycles. The second-order valence-electron chi connectivity index (χ2n) is 5.21. The van der Waals surface area contributed by atoms with Crippen LogP contribution < -0.4 is 5.73 Å². The lowest BCUT2D eigenvalue weighted by Crippen LogP contribution is -2.21. The number of carbonyl (C=O) groups is 1. The molecule has 17 heavy (non-hydrogen) atoms. The highest BCUT2D eigenvalue weighted by molar-refractivity contribution is 5.89. The molecule has 3 unspecified atom stereocenters. The van der Waals surface area contributed by atoms with Gasteiger partial charge in [-0.25, -0.2) is 4.68 Å². The minimum absolute atomic E-state index is 0.143. The molecule has 0 amide bonds. The van der Waals surface area contributed by atoms with Gasteiger partial charge in [0.15, 0.2) is 0 Å². The maximum absolute atomic E-state index is 11.8. The number of hydrogen-bond acceptors (Lipinski definition) is 3. The van der Waals surface area contributed by atoms with Crippen LogP contribution in [0.5, 0.6) is 0 Å². The van der Waals surface area contributed by atoms with Crippen LogP contribution in [0.2, 0.25) is 0 Å². The first-order valence-electron chi connectivity index (χ1n) is 6.25. The van der Waals surface area contributed by atoms with E-state index in [1.165, 1.54) is 30.4 Å². The predicted octanol–water partition coefficient (Wildman–Crippen LogP) is 1.80. The molecule has 0 aromatic carbocycles. The highest BCUT2D eigenvalue weighted by Crippen LogP contribution is 2.49. The number of aromatic nitrogens is 2. The third-order valence-corrected chi connectivity index (χ3v) is 4.19. The van der Waals surface area contributed by atoms with Crippen molar-refractivity contribution >= 4 is 5.91 Å². The van der Waals surface area contributed by atoms with E-state index in [1.54, 1.807) is 24.5 Å². The molecule has 1 aromatic rings. The zero-order valence-corrected chi connectivity index (χ0v) is 9.75. The summed E-state index contributed by atoms with van der Waals surface area (Å²) in [7, 11) is 0. The fraction of sp³-hybridized carbons (Fsp3) is 0.538. The Kier molecular flexibility index (Phi) is 2.50. The minimum atomic E-state index is -0.143. The number of hydrogen-bond donors (Lipinski definition) is 1. The molecule has 0 radical (unpaired) electrons. The number of nitrogens with zero attached hydrogens (tertiary/aromatic N) is 2. The van der Waals surface area contributed by atoms with Crippen LogP contribution in [-0.2, 0) is 0 Å². The van der Waals surface area contributed by atoms with Crippen LogP contribution >= 0.6 is 0 Å². The smallest absolute Gasteiger partial charge is 0.272 e. The standard InChI is InChI=1S/C13H17N3O/c14-12(8-13(17)16-5-1-4-15-16)11-7-9-2-3-10(11)6-9/h1,4-5,8-11H,2-3,6-7,14H2. The van der Waals surface area contributed by atoms with Crippen LogP contribution in [-0.4, -0.2) is 15.7 Å². The van der Waals surface area contributed by atoms with Crippen molar-refractivity contribution in [1.29, 1.82) is 0 Å². The first kappa shape index (κ1) is 10.6. The van der Waals surface area contributed by atoms with E-state index in [0.29, 0.717) is 11.8 Å². The first-order valence-corrected chi connectivity index (χ1v) is 6.25. The molecule has 3 atom stereocenters. The molecule has 2 bridgehead atoms. The SMILES string of the molecule is NC(=CC(=O)n1cccn1)C1CC2CCC1C2. The molecule has 0 aliphatic heterocycles. The van der Waals surface area contributed by atoms with Crippen LogP contribution in [0.4, 0.5) is 0 Å². The van der Waals surface area contributed by atoms with Gasteiger partial charge in [-0.3, -0.25) is 4.79 Å². The van der Waals surface area contributed by atoms with Gasteiger partial charge < -0.3 is 5.73 Å². The average molecular weight is 231 g/mol. The van der Waals surface area contributed by atoms with Gasteiger partial charge in [-0.1, -0.05) is 6.42 Å². The van der Waals surface area contributed by atoms with Crippen molar-refractivity contribution in [2.24, 2.45) is 23.5 Å². The molecule has 0 saturated heterocycles. The molecule has 1 heterocycles. The molecule has 0 spiro atoms. The molecule has 3 rings (SSSR count). The average Bonchev–Trinajstić information content (AvgIpc) is 3.05. The summed E-state index contributed by atoms with van der Waals surface area (Å²) in [5, 5.41) is 3.91. The zero-order valence-electron chi connectivity index (χ0n) is 9.75. The maximum Gasteiger partial charge on any atom is 0.272 e. The number of rotatable bonds is 2. The molecule has 4 heteroatoms. The normalized spacial score (nSPS) is 32.0. The minimum Gasteiger partial charge on any atom is -0.402 e. The van der Waals surface area contributed by atoms with Gasteiger partial charge in [-0.15, -0.1) is 0 Å². The van der Waals surface area contributed by atoms with Crippen LogP contribution in [0.3, 0.4) is 0 Å². The van der Waals surface area contributed by atoms with Gasteiger partial charge in [0.1, 0.15) is 0 Å². The monoisotopic (exact) mass is 231 g/mol. The van der Waals surface area contributed by atoms with Crippen molar-refractivity contribution in [2.75, 3.05) is 0 Å². The predicted molar refractivity (Wildman–Crippen MR) is 64.1 cm³/mol. The molecule has 2 aliphatic carbocycles. The molecular formula is C13H17N3O. The number of nitrogens with two attached hydrogens (primary N) is 1. The van der Waals surface area contributed by atoms with Gasteiger partial charge in [0.2, 0.25) is 0 Å². The molecule has 2 N–H and O–H groups in total. The fourth-order valence-electron chi connectivity index (χ4n) is 3.37. The van der Waals surface area contributed by atoms with Crippen LogP contribution in [0.15, 0.2) is 30.2 Å². The largest absolute Gasteiger partial charge is 0.402 e. The molecular weight excluding hydrogens is 214 g/mol. The lowest BCUT2D eigenvalue weighted by molar-refractivity contribution is 0.0952. The highest BCUT2D eigenvalue weighted by atomic mass is 16.2. The lowest BCUT2D eigenvalue weighted by atomic mass is 9.86. The van der Waals surface area contributed by atoms with E-state index in [9.17, 15) is 4.79 Å². The summed E-state index contributed by atoms with van der Waals surface area (Å²) in [4.78, 5) is 11.8. The molecule has 2 saturated carbocycles. The molecule has 2 aliphatic rings. The van der Waals surface area contributed by atoms with E-state index < -0.39 is 0 Å². The Bertz CT molecular complexity index is 449. The van der Waals surface area contributed by atoms with Crippen molar-refractivity contribution in [3.05, 3.63) is 30.2 Å². The van der Waals surface area contributed by atoms with Gasteiger partial charge in [-0.05, 0) is 37.2 Å². The number of allylic oxidation sites excluding steroid dienone is 2. The number of carbonyl (C=O) groups excluding carboxylic acids is 1. The van der Waals surface area contributed by atoms with Crippen molar-refractivity contribution in [1.82, 2.24) is 9.78 Å². The van der Waals surface area contributed by atoms with Crippen LogP contribution in [0, 0.1) is 17.8 Å². The third kappa shape index (κ3) is 1.88. The van der Waals surface area contributed by atoms with E-state index in [0.717, 1.165) is 11.6 Å². The highest BCUT2D eigenvalue weighted by Gasteiger charge is 2.40. The van der Waals surface area contributed by atoms with Crippen LogP contribution in [0.25, 0.3) is 0 Å². The van der Waals surface area contributed by atoms with Gasteiger partial charge in [-0.2, -0.15) is 5.10 Å². The van der Waals surface area contributed by atoms with Gasteiger partial charge in [0.25, 0.3) is 5.91 Å². The van der Waals surface area contributed by atoms with E-state index in [-0.39, 0.29) is 5.91 Å². The van der Waals surface area contributed by atoms with Gasteiger partial charge in [0, 0.05) is 30.1 Å². The Labute approximate surface area is 100 Å². The van der Waals surface area contributed by atoms with Crippen molar-refractivity contribution in [3.63, 3.8) is 0 Å². The van der Waals surface area contributed by atoms with Gasteiger partial charge >= 0.3 is 0 Å². The summed E-state index contributed by atoms with van der Waals surface area (Å²) in [5.41, 5.74) is 6.82. The summed E-state index contributed by atoms with van der Waals surface area (Å²) >= 11 is 0.